The molecule has 0 aromatic rings. The Hall–Kier alpha value is -1.63. The molecular formula is C12H18N4O2. The lowest BCUT2D eigenvalue weighted by molar-refractivity contribution is -0.130. The first-order valence-electron chi connectivity index (χ1n) is 6.02. The van der Waals surface area contributed by atoms with Crippen molar-refractivity contribution >= 4 is 5.91 Å². The molecule has 1 rings (SSSR count). The zero-order valence-electron chi connectivity index (χ0n) is 10.6. The molecule has 18 heavy (non-hydrogen) atoms. The van der Waals surface area contributed by atoms with Crippen molar-refractivity contribution < 1.29 is 9.53 Å². The Morgan fingerprint density at radius 2 is 2.33 bits per heavy atom. The topological polar surface area (TPSA) is 80.4 Å². The van der Waals surface area contributed by atoms with Gasteiger partial charge in [-0.3, -0.25) is 9.69 Å². The summed E-state index contributed by atoms with van der Waals surface area (Å²) in [6.45, 7) is 2.96. The van der Waals surface area contributed by atoms with E-state index < -0.39 is 0 Å². The van der Waals surface area contributed by atoms with E-state index in [2.05, 4.69) is 11.0 Å². The van der Waals surface area contributed by atoms with Crippen molar-refractivity contribution in [1.82, 2.24) is 9.80 Å². The zero-order chi connectivity index (χ0) is 13.4. The summed E-state index contributed by atoms with van der Waals surface area (Å²) in [5, 5.41) is 17.2. The van der Waals surface area contributed by atoms with Gasteiger partial charge in [-0.1, -0.05) is 0 Å². The number of amides is 1. The van der Waals surface area contributed by atoms with Crippen LogP contribution in [0.15, 0.2) is 0 Å². The van der Waals surface area contributed by atoms with Crippen molar-refractivity contribution in [3.63, 3.8) is 0 Å². The van der Waals surface area contributed by atoms with E-state index in [1.54, 1.807) is 11.9 Å². The van der Waals surface area contributed by atoms with Crippen LogP contribution in [0.5, 0.6) is 0 Å². The highest BCUT2D eigenvalue weighted by Gasteiger charge is 2.20. The maximum Gasteiger partial charge on any atom is 0.223 e. The van der Waals surface area contributed by atoms with E-state index in [-0.39, 0.29) is 12.0 Å². The van der Waals surface area contributed by atoms with Gasteiger partial charge in [0, 0.05) is 39.6 Å². The average Bonchev–Trinajstić information content (AvgIpc) is 2.42. The molecule has 1 saturated heterocycles. The minimum absolute atomic E-state index is 0.0326. The van der Waals surface area contributed by atoms with E-state index in [1.807, 2.05) is 6.07 Å². The molecule has 0 aromatic carbocycles. The molecular weight excluding hydrogens is 232 g/mol. The number of carbonyl (C=O) groups excluding carboxylic acids is 1. The van der Waals surface area contributed by atoms with Crippen molar-refractivity contribution in [2.24, 2.45) is 0 Å². The van der Waals surface area contributed by atoms with E-state index >= 15 is 0 Å². The van der Waals surface area contributed by atoms with Crippen molar-refractivity contribution in [2.45, 2.75) is 18.9 Å². The van der Waals surface area contributed by atoms with E-state index in [9.17, 15) is 4.79 Å². The summed E-state index contributed by atoms with van der Waals surface area (Å²) >= 11 is 0. The van der Waals surface area contributed by atoms with Crippen molar-refractivity contribution in [2.75, 3.05) is 39.8 Å². The van der Waals surface area contributed by atoms with Crippen LogP contribution in [0.4, 0.5) is 0 Å². The van der Waals surface area contributed by atoms with Gasteiger partial charge < -0.3 is 9.64 Å². The van der Waals surface area contributed by atoms with Crippen LogP contribution in [0.1, 0.15) is 12.8 Å². The standard InChI is InChI=1S/C12H18N4O2/c1-15(5-2-4-13)12(17)3-6-16-7-8-18-11(9-14)10-16/h11H,2-3,5-8,10H2,1H3. The molecule has 0 saturated carbocycles. The van der Waals surface area contributed by atoms with Crippen molar-refractivity contribution in [3.05, 3.63) is 0 Å². The molecule has 0 spiro atoms. The molecule has 1 fully saturated rings. The van der Waals surface area contributed by atoms with Crippen LogP contribution in [0, 0.1) is 22.7 Å². The molecule has 1 unspecified atom stereocenters. The van der Waals surface area contributed by atoms with Gasteiger partial charge in [-0.05, 0) is 0 Å². The van der Waals surface area contributed by atoms with Crippen molar-refractivity contribution in [1.29, 1.82) is 10.5 Å². The SMILES string of the molecule is CN(CCC#N)C(=O)CCN1CCOC(C#N)C1. The van der Waals surface area contributed by atoms with Gasteiger partial charge in [0.15, 0.2) is 6.10 Å². The van der Waals surface area contributed by atoms with E-state index in [0.29, 0.717) is 39.1 Å². The van der Waals surface area contributed by atoms with Crippen LogP contribution in [0.2, 0.25) is 0 Å². The number of nitriles is 2. The highest BCUT2D eigenvalue weighted by molar-refractivity contribution is 5.76. The molecule has 6 heteroatoms. The monoisotopic (exact) mass is 250 g/mol. The third-order valence-corrected chi connectivity index (χ3v) is 2.92. The Bertz CT molecular complexity index is 358. The molecule has 0 bridgehead atoms. The van der Waals surface area contributed by atoms with Gasteiger partial charge in [0.05, 0.1) is 25.2 Å². The second-order valence-corrected chi connectivity index (χ2v) is 4.26. The van der Waals surface area contributed by atoms with Gasteiger partial charge in [0.1, 0.15) is 0 Å². The number of nitrogens with zero attached hydrogens (tertiary/aromatic N) is 4. The van der Waals surface area contributed by atoms with Crippen LogP contribution < -0.4 is 0 Å². The molecule has 6 nitrogen and oxygen atoms in total. The second kappa shape index (κ2) is 7.65. The smallest absolute Gasteiger partial charge is 0.223 e. The number of hydrogen-bond donors (Lipinski definition) is 0. The van der Waals surface area contributed by atoms with Gasteiger partial charge in [-0.25, -0.2) is 0 Å². The number of ether oxygens (including phenoxy) is 1. The molecule has 1 amide bonds. The fourth-order valence-corrected chi connectivity index (χ4v) is 1.77. The highest BCUT2D eigenvalue weighted by Crippen LogP contribution is 2.05. The largest absolute Gasteiger partial charge is 0.361 e. The lowest BCUT2D eigenvalue weighted by Gasteiger charge is -2.29. The first kappa shape index (κ1) is 14.4. The average molecular weight is 250 g/mol. The number of rotatable bonds is 5. The Labute approximate surface area is 107 Å². The molecule has 1 aliphatic rings. The molecule has 0 N–H and O–H groups in total. The molecule has 0 aliphatic carbocycles. The Morgan fingerprint density at radius 3 is 3.00 bits per heavy atom. The zero-order valence-corrected chi connectivity index (χ0v) is 10.6. The number of morpholine rings is 1. The lowest BCUT2D eigenvalue weighted by Crippen LogP contribution is -2.43. The molecule has 1 aliphatic heterocycles. The fourth-order valence-electron chi connectivity index (χ4n) is 1.77. The second-order valence-electron chi connectivity index (χ2n) is 4.26. The number of carbonyl (C=O) groups is 1. The molecule has 0 radical (unpaired) electrons. The summed E-state index contributed by atoms with van der Waals surface area (Å²) in [5.41, 5.74) is 0. The minimum atomic E-state index is -0.384. The molecule has 98 valence electrons. The van der Waals surface area contributed by atoms with Gasteiger partial charge in [-0.2, -0.15) is 10.5 Å². The highest BCUT2D eigenvalue weighted by atomic mass is 16.5. The summed E-state index contributed by atoms with van der Waals surface area (Å²) in [6.07, 6.45) is 0.390. The van der Waals surface area contributed by atoms with Crippen LogP contribution in [-0.2, 0) is 9.53 Å². The number of hydrogen-bond acceptors (Lipinski definition) is 5. The predicted octanol–water partition coefficient (Wildman–Crippen LogP) is -0.0270. The first-order valence-corrected chi connectivity index (χ1v) is 6.02. The summed E-state index contributed by atoms with van der Waals surface area (Å²) in [6, 6.07) is 4.09. The maximum atomic E-state index is 11.7. The predicted molar refractivity (Wildman–Crippen MR) is 64.3 cm³/mol. The Balaban J connectivity index is 2.26. The summed E-state index contributed by atoms with van der Waals surface area (Å²) in [7, 11) is 1.71. The minimum Gasteiger partial charge on any atom is -0.361 e. The van der Waals surface area contributed by atoms with Crippen LogP contribution in [0.25, 0.3) is 0 Å². The van der Waals surface area contributed by atoms with E-state index in [1.165, 1.54) is 0 Å². The maximum absolute atomic E-state index is 11.7. The molecule has 1 atom stereocenters. The molecule has 0 aromatic heterocycles. The third kappa shape index (κ3) is 4.70. The third-order valence-electron chi connectivity index (χ3n) is 2.92. The quantitative estimate of drug-likeness (QED) is 0.684. The first-order chi connectivity index (χ1) is 8.67. The Morgan fingerprint density at radius 1 is 1.56 bits per heavy atom. The van der Waals surface area contributed by atoms with Crippen LogP contribution in [-0.4, -0.2) is 61.6 Å². The van der Waals surface area contributed by atoms with Gasteiger partial charge >= 0.3 is 0 Å². The normalized spacial score (nSPS) is 19.8. The van der Waals surface area contributed by atoms with Gasteiger partial charge in [0.2, 0.25) is 5.91 Å². The summed E-state index contributed by atoms with van der Waals surface area (Å²) < 4.78 is 5.23. The Kier molecular flexibility index (Phi) is 6.13. The van der Waals surface area contributed by atoms with E-state index in [0.717, 1.165) is 6.54 Å². The fraction of sp³-hybridized carbons (Fsp3) is 0.750. The van der Waals surface area contributed by atoms with Crippen molar-refractivity contribution in [3.8, 4) is 12.1 Å². The summed E-state index contributed by atoms with van der Waals surface area (Å²) in [4.78, 5) is 15.4. The van der Waals surface area contributed by atoms with Crippen LogP contribution >= 0.6 is 0 Å². The summed E-state index contributed by atoms with van der Waals surface area (Å²) in [5.74, 6) is 0.0326. The van der Waals surface area contributed by atoms with E-state index in [4.69, 9.17) is 15.3 Å². The lowest BCUT2D eigenvalue weighted by atomic mass is 10.2. The van der Waals surface area contributed by atoms with Gasteiger partial charge in [-0.15, -0.1) is 0 Å². The van der Waals surface area contributed by atoms with Gasteiger partial charge in [0.25, 0.3) is 0 Å². The van der Waals surface area contributed by atoms with Crippen LogP contribution in [0.3, 0.4) is 0 Å². The molecule has 1 heterocycles.